The Kier molecular flexibility index (Phi) is 2.54. The van der Waals surface area contributed by atoms with Crippen LogP contribution in [0.3, 0.4) is 0 Å². The van der Waals surface area contributed by atoms with Crippen molar-refractivity contribution < 1.29 is 18.4 Å². The third-order valence-electron chi connectivity index (χ3n) is 3.24. The van der Waals surface area contributed by atoms with E-state index in [0.29, 0.717) is 5.56 Å². The smallest absolute Gasteiger partial charge is 0.270 e. The van der Waals surface area contributed by atoms with Crippen LogP contribution in [0.1, 0.15) is 42.3 Å². The SMILES string of the molecule is CC(F)(F)c1ccc2c(c1)C(C)(C)C(=O)NC2=O. The molecule has 18 heavy (non-hydrogen) atoms. The summed E-state index contributed by atoms with van der Waals surface area (Å²) in [5, 5.41) is 2.22. The van der Waals surface area contributed by atoms with Gasteiger partial charge in [-0.1, -0.05) is 6.07 Å². The lowest BCUT2D eigenvalue weighted by molar-refractivity contribution is -0.125. The molecule has 0 saturated heterocycles. The summed E-state index contributed by atoms with van der Waals surface area (Å²) in [6.45, 7) is 3.99. The summed E-state index contributed by atoms with van der Waals surface area (Å²) in [5.41, 5.74) is -0.579. The summed E-state index contributed by atoms with van der Waals surface area (Å²) in [6.07, 6.45) is 0. The van der Waals surface area contributed by atoms with Crippen LogP contribution in [0.15, 0.2) is 18.2 Å². The molecular formula is C13H13F2NO2. The number of hydrogen-bond acceptors (Lipinski definition) is 2. The molecule has 0 radical (unpaired) electrons. The van der Waals surface area contributed by atoms with Gasteiger partial charge < -0.3 is 0 Å². The maximum absolute atomic E-state index is 13.3. The van der Waals surface area contributed by atoms with E-state index < -0.39 is 23.2 Å². The van der Waals surface area contributed by atoms with Crippen molar-refractivity contribution in [3.8, 4) is 0 Å². The number of carbonyl (C=O) groups excluding carboxylic acids is 2. The second-order valence-electron chi connectivity index (χ2n) is 5.06. The van der Waals surface area contributed by atoms with Gasteiger partial charge in [0, 0.05) is 18.1 Å². The van der Waals surface area contributed by atoms with Crippen LogP contribution in [0, 0.1) is 0 Å². The highest BCUT2D eigenvalue weighted by Crippen LogP contribution is 2.35. The zero-order chi connectivity index (χ0) is 13.7. The maximum atomic E-state index is 13.3. The minimum absolute atomic E-state index is 0.197. The summed E-state index contributed by atoms with van der Waals surface area (Å²) in [7, 11) is 0. The highest BCUT2D eigenvalue weighted by molar-refractivity contribution is 6.12. The van der Waals surface area contributed by atoms with E-state index in [4.69, 9.17) is 0 Å². The van der Waals surface area contributed by atoms with E-state index in [2.05, 4.69) is 5.32 Å². The van der Waals surface area contributed by atoms with Gasteiger partial charge in [-0.25, -0.2) is 8.78 Å². The van der Waals surface area contributed by atoms with E-state index in [9.17, 15) is 18.4 Å². The van der Waals surface area contributed by atoms with Crippen molar-refractivity contribution in [3.05, 3.63) is 34.9 Å². The predicted molar refractivity (Wildman–Crippen MR) is 61.5 cm³/mol. The normalized spacial score (nSPS) is 18.3. The van der Waals surface area contributed by atoms with Gasteiger partial charge in [-0.15, -0.1) is 0 Å². The Hall–Kier alpha value is -1.78. The standard InChI is InChI=1S/C13H13F2NO2/c1-12(2)9-6-7(13(3,14)15)4-5-8(9)10(17)16-11(12)18/h4-6H,1-3H3,(H,16,17,18). The van der Waals surface area contributed by atoms with Gasteiger partial charge >= 0.3 is 0 Å². The van der Waals surface area contributed by atoms with E-state index in [1.807, 2.05) is 0 Å². The number of hydrogen-bond donors (Lipinski definition) is 1. The number of alkyl halides is 2. The van der Waals surface area contributed by atoms with Gasteiger partial charge in [0.05, 0.1) is 5.41 Å². The highest BCUT2D eigenvalue weighted by atomic mass is 19.3. The van der Waals surface area contributed by atoms with Gasteiger partial charge in [0.15, 0.2) is 0 Å². The second-order valence-corrected chi connectivity index (χ2v) is 5.06. The fourth-order valence-electron chi connectivity index (χ4n) is 1.98. The van der Waals surface area contributed by atoms with Crippen molar-refractivity contribution in [1.29, 1.82) is 0 Å². The van der Waals surface area contributed by atoms with Crippen molar-refractivity contribution in [3.63, 3.8) is 0 Å². The molecule has 1 aromatic carbocycles. The van der Waals surface area contributed by atoms with Gasteiger partial charge in [0.1, 0.15) is 0 Å². The van der Waals surface area contributed by atoms with Crippen LogP contribution < -0.4 is 5.32 Å². The van der Waals surface area contributed by atoms with E-state index in [1.165, 1.54) is 18.2 Å². The molecule has 1 aromatic rings. The van der Waals surface area contributed by atoms with Crippen molar-refractivity contribution in [2.75, 3.05) is 0 Å². The van der Waals surface area contributed by atoms with Crippen molar-refractivity contribution >= 4 is 11.8 Å². The van der Waals surface area contributed by atoms with Crippen molar-refractivity contribution in [2.24, 2.45) is 0 Å². The molecule has 0 spiro atoms. The largest absolute Gasteiger partial charge is 0.292 e. The quantitative estimate of drug-likeness (QED) is 0.781. The third kappa shape index (κ3) is 1.79. The maximum Gasteiger partial charge on any atom is 0.270 e. The van der Waals surface area contributed by atoms with Gasteiger partial charge in [-0.2, -0.15) is 0 Å². The first-order chi connectivity index (χ1) is 8.14. The lowest BCUT2D eigenvalue weighted by Gasteiger charge is -2.31. The summed E-state index contributed by atoms with van der Waals surface area (Å²) in [5.74, 6) is -4.01. The minimum Gasteiger partial charge on any atom is -0.292 e. The number of halogens is 2. The van der Waals surface area contributed by atoms with Gasteiger partial charge in [-0.3, -0.25) is 14.9 Å². The molecule has 96 valence electrons. The van der Waals surface area contributed by atoms with Crippen LogP contribution >= 0.6 is 0 Å². The molecule has 5 heteroatoms. The van der Waals surface area contributed by atoms with E-state index in [0.717, 1.165) is 6.92 Å². The number of carbonyl (C=O) groups is 2. The molecule has 1 heterocycles. The van der Waals surface area contributed by atoms with Gasteiger partial charge in [-0.05, 0) is 31.5 Å². The molecule has 2 amide bonds. The molecule has 0 bridgehead atoms. The number of amides is 2. The summed E-state index contributed by atoms with van der Waals surface area (Å²) < 4.78 is 26.6. The molecule has 1 N–H and O–H groups in total. The average molecular weight is 253 g/mol. The topological polar surface area (TPSA) is 46.2 Å². The van der Waals surface area contributed by atoms with Gasteiger partial charge in [0.2, 0.25) is 5.91 Å². The second kappa shape index (κ2) is 3.60. The molecule has 1 aliphatic rings. The summed E-state index contributed by atoms with van der Waals surface area (Å²) in [4.78, 5) is 23.4. The lowest BCUT2D eigenvalue weighted by atomic mass is 9.77. The number of imide groups is 1. The van der Waals surface area contributed by atoms with Crippen LogP contribution in [0.25, 0.3) is 0 Å². The van der Waals surface area contributed by atoms with Crippen LogP contribution in [-0.4, -0.2) is 11.8 Å². The van der Waals surface area contributed by atoms with Crippen LogP contribution in [0.4, 0.5) is 8.78 Å². The van der Waals surface area contributed by atoms with Gasteiger partial charge in [0.25, 0.3) is 11.8 Å². The summed E-state index contributed by atoms with van der Waals surface area (Å²) >= 11 is 0. The first-order valence-corrected chi connectivity index (χ1v) is 5.52. The molecule has 0 atom stereocenters. The fraction of sp³-hybridized carbons (Fsp3) is 0.385. The summed E-state index contributed by atoms with van der Waals surface area (Å²) in [6, 6.07) is 3.79. The van der Waals surface area contributed by atoms with E-state index in [1.54, 1.807) is 13.8 Å². The predicted octanol–water partition coefficient (Wildman–Crippen LogP) is 2.35. The molecule has 1 aliphatic heterocycles. The Labute approximate surface area is 103 Å². The molecule has 0 saturated carbocycles. The monoisotopic (exact) mass is 253 g/mol. The molecule has 0 fully saturated rings. The zero-order valence-corrected chi connectivity index (χ0v) is 10.3. The molecule has 0 unspecified atom stereocenters. The highest BCUT2D eigenvalue weighted by Gasteiger charge is 2.40. The average Bonchev–Trinajstić information content (AvgIpc) is 2.25. The van der Waals surface area contributed by atoms with Crippen LogP contribution in [0.5, 0.6) is 0 Å². The third-order valence-corrected chi connectivity index (χ3v) is 3.24. The Bertz CT molecular complexity index is 544. The van der Waals surface area contributed by atoms with E-state index in [-0.39, 0.29) is 11.1 Å². The molecule has 0 aromatic heterocycles. The van der Waals surface area contributed by atoms with E-state index >= 15 is 0 Å². The molecule has 2 rings (SSSR count). The Morgan fingerprint density at radius 1 is 1.22 bits per heavy atom. The van der Waals surface area contributed by atoms with Crippen LogP contribution in [0.2, 0.25) is 0 Å². The molecule has 3 nitrogen and oxygen atoms in total. The number of nitrogens with one attached hydrogen (secondary N) is 1. The van der Waals surface area contributed by atoms with Crippen molar-refractivity contribution in [1.82, 2.24) is 5.32 Å². The molecule has 0 aliphatic carbocycles. The Balaban J connectivity index is 2.67. The zero-order valence-electron chi connectivity index (χ0n) is 10.3. The number of fused-ring (bicyclic) bond motifs is 1. The van der Waals surface area contributed by atoms with Crippen LogP contribution in [-0.2, 0) is 16.1 Å². The number of benzene rings is 1. The lowest BCUT2D eigenvalue weighted by Crippen LogP contribution is -2.48. The first kappa shape index (κ1) is 12.7. The molecular weight excluding hydrogens is 240 g/mol. The Morgan fingerprint density at radius 2 is 1.83 bits per heavy atom. The number of rotatable bonds is 1. The van der Waals surface area contributed by atoms with Crippen molar-refractivity contribution in [2.45, 2.75) is 32.1 Å². The Morgan fingerprint density at radius 3 is 2.39 bits per heavy atom. The fourth-order valence-corrected chi connectivity index (χ4v) is 1.98. The first-order valence-electron chi connectivity index (χ1n) is 5.52. The minimum atomic E-state index is -3.00.